The smallest absolute Gasteiger partial charge is 0.0611 e. The molecule has 0 bridgehead atoms. The van der Waals surface area contributed by atoms with Crippen LogP contribution in [0.4, 0.5) is 0 Å². The molecule has 0 aromatic heterocycles. The Morgan fingerprint density at radius 3 is 2.50 bits per heavy atom. The number of aliphatic hydroxyl groups excluding tert-OH is 1. The first-order valence-electron chi connectivity index (χ1n) is 7.23. The Bertz CT molecular complexity index is 225. The number of nitrogens with zero attached hydrogens (tertiary/aromatic N) is 2. The lowest BCUT2D eigenvalue weighted by Crippen LogP contribution is -2.49. The van der Waals surface area contributed by atoms with Crippen LogP contribution in [0.5, 0.6) is 0 Å². The summed E-state index contributed by atoms with van der Waals surface area (Å²) in [5.74, 6) is 0. The molecule has 1 fully saturated rings. The molecule has 0 spiro atoms. The summed E-state index contributed by atoms with van der Waals surface area (Å²) in [5.41, 5.74) is -0.165. The number of hydrogen-bond acceptors (Lipinski definition) is 4. The van der Waals surface area contributed by atoms with E-state index in [-0.39, 0.29) is 12.1 Å². The maximum Gasteiger partial charge on any atom is 0.0611 e. The van der Waals surface area contributed by atoms with Crippen LogP contribution in [-0.4, -0.2) is 73.4 Å². The third-order valence-electron chi connectivity index (χ3n) is 4.42. The average Bonchev–Trinajstić information content (AvgIpc) is 2.88. The Morgan fingerprint density at radius 1 is 1.39 bits per heavy atom. The van der Waals surface area contributed by atoms with Crippen LogP contribution in [0.1, 0.15) is 33.1 Å². The van der Waals surface area contributed by atoms with Crippen LogP contribution in [0.15, 0.2) is 0 Å². The monoisotopic (exact) mass is 257 g/mol. The highest BCUT2D eigenvalue weighted by Gasteiger charge is 2.25. The van der Waals surface area contributed by atoms with Crippen molar-refractivity contribution < 1.29 is 5.11 Å². The number of likely N-dealkylation sites (tertiary alicyclic amines) is 1. The summed E-state index contributed by atoms with van der Waals surface area (Å²) < 4.78 is 0. The molecule has 1 saturated heterocycles. The zero-order valence-electron chi connectivity index (χ0n) is 12.6. The predicted octanol–water partition coefficient (Wildman–Crippen LogP) is 0.763. The van der Waals surface area contributed by atoms with E-state index in [0.29, 0.717) is 6.04 Å². The molecule has 0 saturated carbocycles. The number of hydrogen-bond donors (Lipinski definition) is 2. The lowest BCUT2D eigenvalue weighted by molar-refractivity contribution is 0.127. The van der Waals surface area contributed by atoms with Crippen molar-refractivity contribution in [3.63, 3.8) is 0 Å². The first-order valence-corrected chi connectivity index (χ1v) is 7.23. The molecule has 0 aromatic rings. The SMILES string of the molecule is CNC(C)(CO)CC(C)N(C)CCN1CCCC1. The molecule has 2 unspecified atom stereocenters. The number of nitrogens with one attached hydrogen (secondary N) is 1. The lowest BCUT2D eigenvalue weighted by atomic mass is 9.94. The molecule has 4 heteroatoms. The van der Waals surface area contributed by atoms with Gasteiger partial charge in [-0.3, -0.25) is 0 Å². The fourth-order valence-electron chi connectivity index (χ4n) is 2.58. The molecule has 0 aliphatic carbocycles. The zero-order valence-corrected chi connectivity index (χ0v) is 12.6. The topological polar surface area (TPSA) is 38.7 Å². The van der Waals surface area contributed by atoms with Crippen molar-refractivity contribution >= 4 is 0 Å². The molecule has 1 heterocycles. The Morgan fingerprint density at radius 2 is 2.00 bits per heavy atom. The normalized spacial score (nSPS) is 22.3. The Labute approximate surface area is 112 Å². The molecule has 18 heavy (non-hydrogen) atoms. The quantitative estimate of drug-likeness (QED) is 0.673. The average molecular weight is 257 g/mol. The summed E-state index contributed by atoms with van der Waals surface area (Å²) in [6, 6.07) is 0.484. The summed E-state index contributed by atoms with van der Waals surface area (Å²) in [6.45, 7) is 9.35. The van der Waals surface area contributed by atoms with E-state index in [1.165, 1.54) is 32.5 Å². The highest BCUT2D eigenvalue weighted by atomic mass is 16.3. The molecule has 0 amide bonds. The molecule has 1 aliphatic heterocycles. The third-order valence-corrected chi connectivity index (χ3v) is 4.42. The maximum absolute atomic E-state index is 9.43. The predicted molar refractivity (Wildman–Crippen MR) is 76.9 cm³/mol. The van der Waals surface area contributed by atoms with E-state index in [4.69, 9.17) is 0 Å². The van der Waals surface area contributed by atoms with Crippen molar-refractivity contribution in [1.82, 2.24) is 15.1 Å². The van der Waals surface area contributed by atoms with Crippen molar-refractivity contribution in [2.45, 2.75) is 44.7 Å². The molecular weight excluding hydrogens is 226 g/mol. The number of likely N-dealkylation sites (N-methyl/N-ethyl adjacent to an activating group) is 2. The van der Waals surface area contributed by atoms with E-state index in [1.54, 1.807) is 0 Å². The van der Waals surface area contributed by atoms with Crippen LogP contribution in [0.2, 0.25) is 0 Å². The van der Waals surface area contributed by atoms with Gasteiger partial charge in [-0.1, -0.05) is 0 Å². The standard InChI is InChI=1S/C14H31N3O/c1-13(11-14(2,12-18)15-3)16(4)9-10-17-7-5-6-8-17/h13,15,18H,5-12H2,1-4H3. The molecule has 1 aliphatic rings. The molecular formula is C14H31N3O. The highest BCUT2D eigenvalue weighted by Crippen LogP contribution is 2.15. The van der Waals surface area contributed by atoms with Gasteiger partial charge in [-0.15, -0.1) is 0 Å². The first kappa shape index (κ1) is 15.9. The van der Waals surface area contributed by atoms with Crippen LogP contribution < -0.4 is 5.32 Å². The number of rotatable bonds is 8. The molecule has 1 rings (SSSR count). The van der Waals surface area contributed by atoms with Crippen LogP contribution >= 0.6 is 0 Å². The van der Waals surface area contributed by atoms with Gasteiger partial charge in [0.2, 0.25) is 0 Å². The molecule has 4 nitrogen and oxygen atoms in total. The second-order valence-corrected chi connectivity index (χ2v) is 6.05. The molecule has 2 N–H and O–H groups in total. The largest absolute Gasteiger partial charge is 0.394 e. The van der Waals surface area contributed by atoms with Gasteiger partial charge in [0.15, 0.2) is 0 Å². The van der Waals surface area contributed by atoms with Gasteiger partial charge in [-0.25, -0.2) is 0 Å². The fourth-order valence-corrected chi connectivity index (χ4v) is 2.58. The van der Waals surface area contributed by atoms with Gasteiger partial charge in [-0.2, -0.15) is 0 Å². The summed E-state index contributed by atoms with van der Waals surface area (Å²) in [5, 5.41) is 12.7. The van der Waals surface area contributed by atoms with E-state index in [9.17, 15) is 5.11 Å². The van der Waals surface area contributed by atoms with Crippen LogP contribution in [-0.2, 0) is 0 Å². The summed E-state index contributed by atoms with van der Waals surface area (Å²) >= 11 is 0. The second-order valence-electron chi connectivity index (χ2n) is 6.05. The van der Waals surface area contributed by atoms with Gasteiger partial charge in [0, 0.05) is 24.7 Å². The minimum absolute atomic E-state index is 0.165. The second kappa shape index (κ2) is 7.43. The van der Waals surface area contributed by atoms with Gasteiger partial charge in [0.05, 0.1) is 6.61 Å². The minimum atomic E-state index is -0.165. The first-order chi connectivity index (χ1) is 8.50. The van der Waals surface area contributed by atoms with E-state index >= 15 is 0 Å². The van der Waals surface area contributed by atoms with Crippen molar-refractivity contribution in [3.05, 3.63) is 0 Å². The highest BCUT2D eigenvalue weighted by molar-refractivity contribution is 4.85. The molecule has 0 radical (unpaired) electrons. The lowest BCUT2D eigenvalue weighted by Gasteiger charge is -2.34. The third kappa shape index (κ3) is 4.84. The maximum atomic E-state index is 9.43. The van der Waals surface area contributed by atoms with Gasteiger partial charge in [0.25, 0.3) is 0 Å². The van der Waals surface area contributed by atoms with Crippen LogP contribution in [0.25, 0.3) is 0 Å². The van der Waals surface area contributed by atoms with Crippen molar-refractivity contribution in [2.24, 2.45) is 0 Å². The van der Waals surface area contributed by atoms with Gasteiger partial charge >= 0.3 is 0 Å². The molecule has 108 valence electrons. The van der Waals surface area contributed by atoms with Gasteiger partial charge in [0.1, 0.15) is 0 Å². The Balaban J connectivity index is 2.29. The van der Waals surface area contributed by atoms with E-state index in [0.717, 1.165) is 13.0 Å². The molecule has 0 aromatic carbocycles. The van der Waals surface area contributed by atoms with E-state index in [1.807, 2.05) is 7.05 Å². The van der Waals surface area contributed by atoms with E-state index < -0.39 is 0 Å². The summed E-state index contributed by atoms with van der Waals surface area (Å²) in [4.78, 5) is 4.95. The Hall–Kier alpha value is -0.160. The van der Waals surface area contributed by atoms with Crippen molar-refractivity contribution in [2.75, 3.05) is 46.9 Å². The van der Waals surface area contributed by atoms with Crippen LogP contribution in [0.3, 0.4) is 0 Å². The van der Waals surface area contributed by atoms with Gasteiger partial charge in [-0.05, 0) is 60.3 Å². The fraction of sp³-hybridized carbons (Fsp3) is 1.00. The van der Waals surface area contributed by atoms with E-state index in [2.05, 4.69) is 36.0 Å². The van der Waals surface area contributed by atoms with Gasteiger partial charge < -0.3 is 20.2 Å². The summed E-state index contributed by atoms with van der Waals surface area (Å²) in [7, 11) is 4.11. The zero-order chi connectivity index (χ0) is 13.6. The summed E-state index contributed by atoms with van der Waals surface area (Å²) in [6.07, 6.45) is 3.69. The molecule has 2 atom stereocenters. The Kier molecular flexibility index (Phi) is 6.57. The van der Waals surface area contributed by atoms with Crippen molar-refractivity contribution in [3.8, 4) is 0 Å². The van der Waals surface area contributed by atoms with Crippen molar-refractivity contribution in [1.29, 1.82) is 0 Å². The minimum Gasteiger partial charge on any atom is -0.394 e. The number of aliphatic hydroxyl groups is 1. The van der Waals surface area contributed by atoms with Crippen LogP contribution in [0, 0.1) is 0 Å².